The average Bonchev–Trinajstić information content (AvgIpc) is 2.88. The fourth-order valence-electron chi connectivity index (χ4n) is 5.32. The van der Waals surface area contributed by atoms with E-state index in [0.717, 1.165) is 30.9 Å². The summed E-state index contributed by atoms with van der Waals surface area (Å²) in [5, 5.41) is 10.5. The van der Waals surface area contributed by atoms with E-state index in [1.165, 1.54) is 11.1 Å². The monoisotopic (exact) mass is 317 g/mol. The lowest BCUT2D eigenvalue weighted by Gasteiger charge is -2.56. The first-order valence-corrected chi connectivity index (χ1v) is 8.40. The van der Waals surface area contributed by atoms with E-state index in [1.54, 1.807) is 0 Å². The van der Waals surface area contributed by atoms with Gasteiger partial charge in [-0.25, -0.2) is 0 Å². The lowest BCUT2D eigenvalue weighted by Crippen LogP contribution is -2.64. The number of nitrogens with zero attached hydrogens (tertiary/aromatic N) is 1. The molecule has 1 fully saturated rings. The summed E-state index contributed by atoms with van der Waals surface area (Å²) < 4.78 is 11.7. The Morgan fingerprint density at radius 3 is 3.09 bits per heavy atom. The average molecular weight is 317 g/mol. The summed E-state index contributed by atoms with van der Waals surface area (Å²) in [5.41, 5.74) is 2.57. The van der Waals surface area contributed by atoms with Crippen molar-refractivity contribution in [1.29, 1.82) is 0 Å². The van der Waals surface area contributed by atoms with Crippen molar-refractivity contribution in [3.8, 4) is 11.5 Å². The minimum absolute atomic E-state index is 0.0898. The number of likely N-dealkylation sites (tertiary alicyclic amines) is 1. The van der Waals surface area contributed by atoms with Gasteiger partial charge in [0.2, 0.25) is 0 Å². The van der Waals surface area contributed by atoms with Crippen LogP contribution in [-0.2, 0) is 11.8 Å². The van der Waals surface area contributed by atoms with Crippen molar-refractivity contribution in [2.45, 2.75) is 36.5 Å². The normalized spacial score (nSPS) is 41.0. The molecule has 0 aromatic heterocycles. The molecule has 1 spiro atoms. The molecule has 2 bridgehead atoms. The number of hydrogen-bond acceptors (Lipinski definition) is 4. The Kier molecular flexibility index (Phi) is 2.58. The first-order valence-electron chi connectivity index (χ1n) is 7.93. The summed E-state index contributed by atoms with van der Waals surface area (Å²) in [6.45, 7) is 1.05. The number of benzene rings is 1. The van der Waals surface area contributed by atoms with Crippen molar-refractivity contribution in [2.24, 2.45) is 5.92 Å². The molecular formula is C17H20NO3P. The van der Waals surface area contributed by atoms with Gasteiger partial charge in [0.15, 0.2) is 11.5 Å². The molecule has 1 aromatic carbocycles. The van der Waals surface area contributed by atoms with E-state index in [-0.39, 0.29) is 11.5 Å². The molecule has 0 amide bonds. The molecule has 2 aliphatic carbocycles. The van der Waals surface area contributed by atoms with E-state index < -0.39 is 6.10 Å². The van der Waals surface area contributed by atoms with Crippen molar-refractivity contribution in [3.63, 3.8) is 0 Å². The lowest BCUT2D eigenvalue weighted by molar-refractivity contribution is -0.0452. The third-order valence-electron chi connectivity index (χ3n) is 6.26. The van der Waals surface area contributed by atoms with Crippen LogP contribution in [0.5, 0.6) is 11.5 Å². The Morgan fingerprint density at radius 2 is 2.27 bits per heavy atom. The lowest BCUT2D eigenvalue weighted by atomic mass is 9.53. The van der Waals surface area contributed by atoms with Crippen molar-refractivity contribution >= 4 is 9.47 Å². The van der Waals surface area contributed by atoms with Crippen LogP contribution in [0.15, 0.2) is 24.3 Å². The zero-order chi connectivity index (χ0) is 15.1. The van der Waals surface area contributed by atoms with Crippen LogP contribution in [0, 0.1) is 5.92 Å². The number of piperidine rings is 1. The molecule has 116 valence electrons. The van der Waals surface area contributed by atoms with Gasteiger partial charge in [0.05, 0.1) is 9.47 Å². The van der Waals surface area contributed by atoms with Gasteiger partial charge >= 0.3 is 0 Å². The Hall–Kier alpha value is -1.09. The first kappa shape index (κ1) is 13.4. The van der Waals surface area contributed by atoms with E-state index in [9.17, 15) is 5.11 Å². The summed E-state index contributed by atoms with van der Waals surface area (Å²) in [6.07, 6.45) is 5.50. The maximum atomic E-state index is 10.5. The summed E-state index contributed by atoms with van der Waals surface area (Å²) in [6, 6.07) is 4.66. The largest absolute Gasteiger partial charge is 0.482 e. The van der Waals surface area contributed by atoms with Crippen LogP contribution in [0.4, 0.5) is 0 Å². The molecule has 6 atom stereocenters. The van der Waals surface area contributed by atoms with Crippen molar-refractivity contribution < 1.29 is 14.4 Å². The summed E-state index contributed by atoms with van der Waals surface area (Å²) in [4.78, 5) is 2.47. The van der Waals surface area contributed by atoms with Crippen LogP contribution in [0.1, 0.15) is 17.5 Å². The van der Waals surface area contributed by atoms with Crippen LogP contribution in [0.25, 0.3) is 0 Å². The minimum Gasteiger partial charge on any atom is -0.482 e. The summed E-state index contributed by atoms with van der Waals surface area (Å²) in [5.74, 6) is 2.03. The predicted molar refractivity (Wildman–Crippen MR) is 86.2 cm³/mol. The third kappa shape index (κ3) is 1.35. The van der Waals surface area contributed by atoms with Crippen molar-refractivity contribution in [2.75, 3.05) is 13.6 Å². The molecule has 4 nitrogen and oxygen atoms in total. The van der Waals surface area contributed by atoms with E-state index in [4.69, 9.17) is 9.26 Å². The van der Waals surface area contributed by atoms with Gasteiger partial charge < -0.3 is 19.3 Å². The van der Waals surface area contributed by atoms with Gasteiger partial charge in [0.1, 0.15) is 12.2 Å². The second-order valence-electron chi connectivity index (χ2n) is 7.03. The van der Waals surface area contributed by atoms with Crippen LogP contribution in [0.2, 0.25) is 0 Å². The Labute approximate surface area is 132 Å². The third-order valence-corrected chi connectivity index (χ3v) is 6.52. The fourth-order valence-corrected chi connectivity index (χ4v) is 5.51. The van der Waals surface area contributed by atoms with E-state index >= 15 is 0 Å². The zero-order valence-electron chi connectivity index (χ0n) is 12.5. The van der Waals surface area contributed by atoms with Gasteiger partial charge in [-0.1, -0.05) is 18.2 Å². The highest BCUT2D eigenvalue weighted by molar-refractivity contribution is 7.10. The standard InChI is InChI=1S/C17H20NO3P/c1-18-7-6-17-10-3-4-12(19)16(17)20-15-13(21-22)5-2-9(14(15)17)8-11(10)18/h2-5,10-12,16,19H,6-8,22H2,1H3/t10?,11-,12+,16+,17+/m1/s1. The maximum absolute atomic E-state index is 10.5. The molecule has 5 rings (SSSR count). The zero-order valence-corrected chi connectivity index (χ0v) is 13.7. The molecule has 2 aliphatic heterocycles. The van der Waals surface area contributed by atoms with Crippen molar-refractivity contribution in [1.82, 2.24) is 4.90 Å². The van der Waals surface area contributed by atoms with Crippen LogP contribution < -0.4 is 9.26 Å². The molecule has 0 radical (unpaired) electrons. The van der Waals surface area contributed by atoms with Crippen LogP contribution >= 0.6 is 9.47 Å². The molecule has 4 aliphatic rings. The van der Waals surface area contributed by atoms with Gasteiger partial charge in [-0.05, 0) is 38.1 Å². The fraction of sp³-hybridized carbons (Fsp3) is 0.529. The molecule has 2 unspecified atom stereocenters. The molecule has 2 heterocycles. The van der Waals surface area contributed by atoms with Gasteiger partial charge in [0.25, 0.3) is 0 Å². The molecule has 1 aromatic rings. The number of aliphatic hydroxyl groups is 1. The number of aliphatic hydroxyl groups excluding tert-OH is 1. The predicted octanol–water partition coefficient (Wildman–Crippen LogP) is 1.66. The van der Waals surface area contributed by atoms with E-state index in [1.807, 2.05) is 12.1 Å². The molecule has 1 N–H and O–H groups in total. The second-order valence-corrected chi connectivity index (χ2v) is 7.26. The minimum atomic E-state index is -0.545. The summed E-state index contributed by atoms with van der Waals surface area (Å²) in [7, 11) is 4.53. The van der Waals surface area contributed by atoms with Crippen molar-refractivity contribution in [3.05, 3.63) is 35.4 Å². The maximum Gasteiger partial charge on any atom is 0.166 e. The SMILES string of the molecule is CN1CC[C@]23c4c5ccc(OP)c4O[C@H]2[C@@H](O)C=CC3[C@H]1C5. The first-order chi connectivity index (χ1) is 10.7. The van der Waals surface area contributed by atoms with Crippen LogP contribution in [0.3, 0.4) is 0 Å². The van der Waals surface area contributed by atoms with Gasteiger partial charge in [-0.3, -0.25) is 0 Å². The highest BCUT2D eigenvalue weighted by Gasteiger charge is 2.64. The van der Waals surface area contributed by atoms with E-state index in [0.29, 0.717) is 12.0 Å². The van der Waals surface area contributed by atoms with E-state index in [2.05, 4.69) is 33.6 Å². The molecule has 1 saturated heterocycles. The highest BCUT2D eigenvalue weighted by atomic mass is 31.0. The quantitative estimate of drug-likeness (QED) is 0.632. The molecule has 0 saturated carbocycles. The van der Waals surface area contributed by atoms with Gasteiger partial charge in [-0.15, -0.1) is 0 Å². The number of rotatable bonds is 1. The number of hydrogen-bond donors (Lipinski definition) is 1. The second kappa shape index (κ2) is 4.25. The van der Waals surface area contributed by atoms with Gasteiger partial charge in [-0.2, -0.15) is 0 Å². The van der Waals surface area contributed by atoms with Gasteiger partial charge in [0, 0.05) is 22.9 Å². The highest BCUT2D eigenvalue weighted by Crippen LogP contribution is 2.62. The topological polar surface area (TPSA) is 41.9 Å². The number of likely N-dealkylation sites (N-methyl/N-ethyl adjacent to an activating group) is 1. The summed E-state index contributed by atoms with van der Waals surface area (Å²) >= 11 is 0. The Balaban J connectivity index is 1.82. The smallest absolute Gasteiger partial charge is 0.166 e. The molecular weight excluding hydrogens is 297 g/mol. The molecule has 22 heavy (non-hydrogen) atoms. The Bertz CT molecular complexity index is 691. The number of ether oxygens (including phenoxy) is 1. The van der Waals surface area contributed by atoms with Crippen LogP contribution in [-0.4, -0.2) is 41.8 Å². The Morgan fingerprint density at radius 1 is 1.41 bits per heavy atom. The molecule has 5 heteroatoms.